The van der Waals surface area contributed by atoms with Crippen LogP contribution in [0.2, 0.25) is 0 Å². The van der Waals surface area contributed by atoms with Gasteiger partial charge in [0.1, 0.15) is 11.6 Å². The van der Waals surface area contributed by atoms with Crippen LogP contribution in [0.15, 0.2) is 57.9 Å². The number of aromatic nitrogens is 1. The molecule has 0 amide bonds. The quantitative estimate of drug-likeness (QED) is 0.394. The van der Waals surface area contributed by atoms with Crippen molar-refractivity contribution in [2.75, 3.05) is 0 Å². The van der Waals surface area contributed by atoms with E-state index >= 15 is 0 Å². The average molecular weight is 378 g/mol. The van der Waals surface area contributed by atoms with Gasteiger partial charge in [-0.2, -0.15) is 0 Å². The van der Waals surface area contributed by atoms with Crippen molar-refractivity contribution in [2.45, 2.75) is 0 Å². The standard InChI is InChI=1S/C19H13N3O6/c23-18(24)13-4-2-5-14(10-13)20-11-16-19(25)28-17(21-16)8-7-12-3-1-6-15(9-12)22(26)27/h1-11,25H,(H,23,24)/p-1/b8-7+,20-11?. The first kappa shape index (κ1) is 18.5. The molecule has 2 aromatic carbocycles. The Morgan fingerprint density at radius 1 is 1.18 bits per heavy atom. The number of oxazole rings is 1. The monoisotopic (exact) mass is 378 g/mol. The van der Waals surface area contributed by atoms with Gasteiger partial charge in [0.05, 0.1) is 28.3 Å². The maximum atomic E-state index is 11.9. The second-order valence-electron chi connectivity index (χ2n) is 5.52. The van der Waals surface area contributed by atoms with Crippen LogP contribution in [0.4, 0.5) is 11.4 Å². The molecule has 0 aliphatic heterocycles. The fourth-order valence-electron chi connectivity index (χ4n) is 2.25. The molecule has 1 aromatic heterocycles. The molecule has 0 saturated carbocycles. The normalized spacial score (nSPS) is 11.3. The van der Waals surface area contributed by atoms with Gasteiger partial charge < -0.3 is 14.6 Å². The highest BCUT2D eigenvalue weighted by atomic mass is 16.6. The van der Waals surface area contributed by atoms with Gasteiger partial charge in [-0.15, -0.1) is 0 Å². The molecule has 0 unspecified atom stereocenters. The molecule has 0 atom stereocenters. The molecule has 0 spiro atoms. The van der Waals surface area contributed by atoms with Crippen molar-refractivity contribution < 1.29 is 24.3 Å². The van der Waals surface area contributed by atoms with Crippen LogP contribution < -0.4 is 5.11 Å². The summed E-state index contributed by atoms with van der Waals surface area (Å²) in [4.78, 5) is 29.3. The Balaban J connectivity index is 1.78. The van der Waals surface area contributed by atoms with Crippen LogP contribution in [-0.2, 0) is 0 Å². The first-order valence-corrected chi connectivity index (χ1v) is 7.90. The number of carboxylic acid groups (broad SMARTS) is 1. The smallest absolute Gasteiger partial charge is 0.335 e. The largest absolute Gasteiger partial charge is 0.563 e. The SMILES string of the molecule is O=C(O)c1cccc(N=Cc2nc(/C=C/c3cccc([N+](=O)[O-])c3)oc2[O-])c1. The maximum absolute atomic E-state index is 11.9. The Morgan fingerprint density at radius 3 is 2.71 bits per heavy atom. The van der Waals surface area contributed by atoms with Crippen molar-refractivity contribution >= 4 is 35.7 Å². The van der Waals surface area contributed by atoms with Crippen LogP contribution in [0.3, 0.4) is 0 Å². The minimum Gasteiger partial charge on any atom is -0.563 e. The fraction of sp³-hybridized carbons (Fsp3) is 0. The van der Waals surface area contributed by atoms with E-state index < -0.39 is 16.8 Å². The summed E-state index contributed by atoms with van der Waals surface area (Å²) in [6, 6.07) is 11.8. The minimum atomic E-state index is -1.09. The molecule has 28 heavy (non-hydrogen) atoms. The number of carbonyl (C=O) groups is 1. The highest BCUT2D eigenvalue weighted by Gasteiger charge is 2.05. The van der Waals surface area contributed by atoms with Crippen LogP contribution >= 0.6 is 0 Å². The van der Waals surface area contributed by atoms with Crippen LogP contribution in [-0.4, -0.2) is 27.2 Å². The molecule has 3 rings (SSSR count). The third-order valence-electron chi connectivity index (χ3n) is 3.57. The van der Waals surface area contributed by atoms with Crippen molar-refractivity contribution in [3.8, 4) is 5.95 Å². The van der Waals surface area contributed by atoms with E-state index in [0.29, 0.717) is 11.3 Å². The summed E-state index contributed by atoms with van der Waals surface area (Å²) < 4.78 is 4.99. The Morgan fingerprint density at radius 2 is 1.96 bits per heavy atom. The number of nitro groups is 1. The highest BCUT2D eigenvalue weighted by molar-refractivity contribution is 5.89. The summed E-state index contributed by atoms with van der Waals surface area (Å²) in [5, 5.41) is 31.6. The lowest BCUT2D eigenvalue weighted by atomic mass is 10.2. The molecule has 0 aliphatic carbocycles. The Kier molecular flexibility index (Phi) is 5.26. The van der Waals surface area contributed by atoms with Crippen LogP contribution in [0, 0.1) is 10.1 Å². The molecule has 0 radical (unpaired) electrons. The number of aromatic carboxylic acids is 1. The second-order valence-corrected chi connectivity index (χ2v) is 5.52. The molecular weight excluding hydrogens is 366 g/mol. The summed E-state index contributed by atoms with van der Waals surface area (Å²) in [6.07, 6.45) is 4.11. The van der Waals surface area contributed by atoms with Gasteiger partial charge in [-0.05, 0) is 29.8 Å². The van der Waals surface area contributed by atoms with E-state index in [9.17, 15) is 20.0 Å². The van der Waals surface area contributed by atoms with Gasteiger partial charge in [0.25, 0.3) is 5.69 Å². The summed E-state index contributed by atoms with van der Waals surface area (Å²) in [6.45, 7) is 0. The Hall–Kier alpha value is -4.27. The van der Waals surface area contributed by atoms with Gasteiger partial charge >= 0.3 is 5.97 Å². The number of non-ortho nitro benzene ring substituents is 1. The number of rotatable bonds is 6. The molecule has 1 N–H and O–H groups in total. The molecule has 0 fully saturated rings. The molecule has 0 aliphatic rings. The van der Waals surface area contributed by atoms with Crippen LogP contribution in [0.25, 0.3) is 12.2 Å². The summed E-state index contributed by atoms with van der Waals surface area (Å²) in [5.74, 6) is -1.79. The number of hydrogen-bond acceptors (Lipinski definition) is 7. The molecular formula is C19H12N3O6-. The number of hydrogen-bond donors (Lipinski definition) is 1. The predicted molar refractivity (Wildman–Crippen MR) is 98.6 cm³/mol. The zero-order valence-corrected chi connectivity index (χ0v) is 14.2. The topological polar surface area (TPSA) is 142 Å². The lowest BCUT2D eigenvalue weighted by Gasteiger charge is -1.97. The first-order valence-electron chi connectivity index (χ1n) is 7.90. The number of aliphatic imine (C=N–C) groups is 1. The molecule has 0 saturated heterocycles. The molecule has 3 aromatic rings. The minimum absolute atomic E-state index is 0.0113. The molecule has 1 heterocycles. The van der Waals surface area contributed by atoms with Gasteiger partial charge in [0.15, 0.2) is 0 Å². The number of carboxylic acids is 1. The lowest BCUT2D eigenvalue weighted by molar-refractivity contribution is -0.384. The van der Waals surface area contributed by atoms with Crippen molar-refractivity contribution in [1.82, 2.24) is 4.98 Å². The highest BCUT2D eigenvalue weighted by Crippen LogP contribution is 2.19. The summed E-state index contributed by atoms with van der Waals surface area (Å²) in [7, 11) is 0. The number of nitrogens with zero attached hydrogens (tertiary/aromatic N) is 3. The third kappa shape index (κ3) is 4.47. The first-order chi connectivity index (χ1) is 13.4. The van der Waals surface area contributed by atoms with Crippen molar-refractivity contribution in [3.63, 3.8) is 0 Å². The molecule has 9 nitrogen and oxygen atoms in total. The zero-order chi connectivity index (χ0) is 20.1. The van der Waals surface area contributed by atoms with E-state index in [0.717, 1.165) is 0 Å². The summed E-state index contributed by atoms with van der Waals surface area (Å²) >= 11 is 0. The average Bonchev–Trinajstić information content (AvgIpc) is 3.05. The number of benzene rings is 2. The van der Waals surface area contributed by atoms with Gasteiger partial charge in [-0.1, -0.05) is 24.3 Å². The van der Waals surface area contributed by atoms with Crippen molar-refractivity contribution in [1.29, 1.82) is 0 Å². The van der Waals surface area contributed by atoms with Gasteiger partial charge in [-0.25, -0.2) is 9.78 Å². The van der Waals surface area contributed by atoms with E-state index in [2.05, 4.69) is 9.98 Å². The molecule has 0 bridgehead atoms. The van der Waals surface area contributed by atoms with E-state index in [1.807, 2.05) is 0 Å². The van der Waals surface area contributed by atoms with Gasteiger partial charge in [0.2, 0.25) is 0 Å². The Labute approximate surface area is 158 Å². The van der Waals surface area contributed by atoms with E-state index in [1.165, 1.54) is 54.8 Å². The lowest BCUT2D eigenvalue weighted by Crippen LogP contribution is -1.95. The van der Waals surface area contributed by atoms with Crippen LogP contribution in [0.1, 0.15) is 27.5 Å². The van der Waals surface area contributed by atoms with E-state index in [1.54, 1.807) is 12.1 Å². The summed E-state index contributed by atoms with van der Waals surface area (Å²) in [5.41, 5.74) is 0.837. The maximum Gasteiger partial charge on any atom is 0.335 e. The van der Waals surface area contributed by atoms with Crippen LogP contribution in [0.5, 0.6) is 5.95 Å². The van der Waals surface area contributed by atoms with E-state index in [4.69, 9.17) is 9.52 Å². The molecule has 9 heteroatoms. The zero-order valence-electron chi connectivity index (χ0n) is 14.2. The van der Waals surface area contributed by atoms with Gasteiger partial charge in [0, 0.05) is 12.1 Å². The predicted octanol–water partition coefficient (Wildman–Crippen LogP) is 3.28. The van der Waals surface area contributed by atoms with Gasteiger partial charge in [-0.3, -0.25) is 15.1 Å². The second kappa shape index (κ2) is 7.96. The fourth-order valence-corrected chi connectivity index (χ4v) is 2.25. The van der Waals surface area contributed by atoms with Crippen molar-refractivity contribution in [2.24, 2.45) is 4.99 Å². The van der Waals surface area contributed by atoms with Crippen molar-refractivity contribution in [3.05, 3.63) is 81.4 Å². The van der Waals surface area contributed by atoms with E-state index in [-0.39, 0.29) is 22.8 Å². The number of nitro benzene ring substituents is 1. The Bertz CT molecular complexity index is 1100. The third-order valence-corrected chi connectivity index (χ3v) is 3.57. The molecule has 140 valence electrons.